The molecular weight excluding hydrogens is 340 g/mol. The second kappa shape index (κ2) is 7.81. The van der Waals surface area contributed by atoms with Crippen LogP contribution in [0.5, 0.6) is 0 Å². The summed E-state index contributed by atoms with van der Waals surface area (Å²) in [7, 11) is 0. The summed E-state index contributed by atoms with van der Waals surface area (Å²) in [5, 5.41) is 16.3. The van der Waals surface area contributed by atoms with Gasteiger partial charge in [0.25, 0.3) is 5.91 Å². The van der Waals surface area contributed by atoms with Gasteiger partial charge in [-0.3, -0.25) is 14.9 Å². The van der Waals surface area contributed by atoms with Crippen LogP contribution in [0.4, 0.5) is 17.7 Å². The molecule has 1 aliphatic rings. The SMILES string of the molecule is Cc1cc(N2CCCC2)nc(NCCNC(=O)c2ccc([N+](=O)[O-])o2)n1. The van der Waals surface area contributed by atoms with Crippen LogP contribution < -0.4 is 15.5 Å². The summed E-state index contributed by atoms with van der Waals surface area (Å²) < 4.78 is 4.85. The zero-order chi connectivity index (χ0) is 18.5. The first-order valence-corrected chi connectivity index (χ1v) is 8.40. The van der Waals surface area contributed by atoms with Gasteiger partial charge in [0.2, 0.25) is 5.95 Å². The van der Waals surface area contributed by atoms with Gasteiger partial charge in [-0.2, -0.15) is 4.98 Å². The molecule has 3 heterocycles. The number of hydrogen-bond acceptors (Lipinski definition) is 8. The van der Waals surface area contributed by atoms with Crippen molar-refractivity contribution in [3.8, 4) is 0 Å². The van der Waals surface area contributed by atoms with Crippen LogP contribution in [0.1, 0.15) is 29.1 Å². The number of nitro groups is 1. The quantitative estimate of drug-likeness (QED) is 0.434. The van der Waals surface area contributed by atoms with E-state index in [1.54, 1.807) is 0 Å². The van der Waals surface area contributed by atoms with Crippen LogP contribution in [-0.2, 0) is 0 Å². The van der Waals surface area contributed by atoms with Gasteiger partial charge in [-0.1, -0.05) is 0 Å². The predicted octanol–water partition coefficient (Wildman–Crippen LogP) is 1.73. The van der Waals surface area contributed by atoms with E-state index in [-0.39, 0.29) is 5.76 Å². The molecule has 2 N–H and O–H groups in total. The molecule has 138 valence electrons. The first kappa shape index (κ1) is 17.6. The second-order valence-electron chi connectivity index (χ2n) is 5.96. The predicted molar refractivity (Wildman–Crippen MR) is 94.4 cm³/mol. The van der Waals surface area contributed by atoms with Crippen LogP contribution in [0.2, 0.25) is 0 Å². The van der Waals surface area contributed by atoms with Gasteiger partial charge < -0.3 is 20.0 Å². The number of hydrogen-bond donors (Lipinski definition) is 2. The largest absolute Gasteiger partial charge is 0.433 e. The van der Waals surface area contributed by atoms with Gasteiger partial charge in [-0.15, -0.1) is 0 Å². The van der Waals surface area contributed by atoms with Crippen molar-refractivity contribution in [1.82, 2.24) is 15.3 Å². The van der Waals surface area contributed by atoms with Crippen LogP contribution in [0, 0.1) is 17.0 Å². The Morgan fingerprint density at radius 1 is 1.31 bits per heavy atom. The molecule has 1 aliphatic heterocycles. The summed E-state index contributed by atoms with van der Waals surface area (Å²) in [5.41, 5.74) is 0.872. The Kier molecular flexibility index (Phi) is 5.30. The molecule has 10 nitrogen and oxygen atoms in total. The van der Waals surface area contributed by atoms with Gasteiger partial charge in [0.05, 0.1) is 6.07 Å². The van der Waals surface area contributed by atoms with E-state index in [4.69, 9.17) is 4.42 Å². The monoisotopic (exact) mass is 360 g/mol. The number of amides is 1. The van der Waals surface area contributed by atoms with E-state index in [1.807, 2.05) is 13.0 Å². The average molecular weight is 360 g/mol. The van der Waals surface area contributed by atoms with Crippen molar-refractivity contribution in [2.45, 2.75) is 19.8 Å². The Labute approximate surface area is 149 Å². The van der Waals surface area contributed by atoms with Gasteiger partial charge in [0, 0.05) is 37.9 Å². The lowest BCUT2D eigenvalue weighted by atomic mass is 10.4. The zero-order valence-electron chi connectivity index (χ0n) is 14.4. The molecule has 2 aromatic rings. The fourth-order valence-electron chi connectivity index (χ4n) is 2.72. The molecule has 3 rings (SSSR count). The van der Waals surface area contributed by atoms with Crippen molar-refractivity contribution in [2.24, 2.45) is 0 Å². The van der Waals surface area contributed by atoms with Crippen molar-refractivity contribution in [2.75, 3.05) is 36.4 Å². The van der Waals surface area contributed by atoms with Crippen molar-refractivity contribution < 1.29 is 14.1 Å². The third kappa shape index (κ3) is 4.26. The summed E-state index contributed by atoms with van der Waals surface area (Å²) in [4.78, 5) is 32.8. The van der Waals surface area contributed by atoms with E-state index >= 15 is 0 Å². The fourth-order valence-corrected chi connectivity index (χ4v) is 2.72. The highest BCUT2D eigenvalue weighted by molar-refractivity contribution is 5.91. The highest BCUT2D eigenvalue weighted by Gasteiger charge is 2.17. The Bertz CT molecular complexity index is 800. The van der Waals surface area contributed by atoms with E-state index in [2.05, 4.69) is 25.5 Å². The highest BCUT2D eigenvalue weighted by atomic mass is 16.6. The number of anilines is 2. The number of carbonyl (C=O) groups excluding carboxylic acids is 1. The van der Waals surface area contributed by atoms with Gasteiger partial charge in [0.1, 0.15) is 10.7 Å². The maximum Gasteiger partial charge on any atom is 0.433 e. The number of carbonyl (C=O) groups is 1. The summed E-state index contributed by atoms with van der Waals surface area (Å²) in [6, 6.07) is 4.38. The van der Waals surface area contributed by atoms with Gasteiger partial charge in [-0.05, 0) is 25.8 Å². The smallest absolute Gasteiger partial charge is 0.395 e. The number of furan rings is 1. The molecule has 1 amide bonds. The normalized spacial score (nSPS) is 13.7. The average Bonchev–Trinajstić information content (AvgIpc) is 3.29. The molecule has 0 saturated carbocycles. The lowest BCUT2D eigenvalue weighted by Crippen LogP contribution is -2.29. The molecule has 0 atom stereocenters. The third-order valence-electron chi connectivity index (χ3n) is 3.96. The van der Waals surface area contributed by atoms with Crippen LogP contribution in [0.15, 0.2) is 22.6 Å². The van der Waals surface area contributed by atoms with Crippen LogP contribution in [-0.4, -0.2) is 47.0 Å². The first-order valence-electron chi connectivity index (χ1n) is 8.40. The topological polar surface area (TPSA) is 126 Å². The number of nitrogens with zero attached hydrogens (tertiary/aromatic N) is 4. The molecule has 1 fully saturated rings. The Morgan fingerprint density at radius 2 is 2.08 bits per heavy atom. The van der Waals surface area contributed by atoms with E-state index in [0.29, 0.717) is 19.0 Å². The number of aromatic nitrogens is 2. The molecule has 0 unspecified atom stereocenters. The lowest BCUT2D eigenvalue weighted by Gasteiger charge is -2.17. The molecule has 1 saturated heterocycles. The molecule has 26 heavy (non-hydrogen) atoms. The van der Waals surface area contributed by atoms with E-state index in [1.165, 1.54) is 18.9 Å². The van der Waals surface area contributed by atoms with Gasteiger partial charge >= 0.3 is 5.88 Å². The van der Waals surface area contributed by atoms with E-state index in [0.717, 1.165) is 30.7 Å². The van der Waals surface area contributed by atoms with E-state index < -0.39 is 16.7 Å². The molecular formula is C16H20N6O4. The lowest BCUT2D eigenvalue weighted by molar-refractivity contribution is -0.402. The molecule has 0 spiro atoms. The van der Waals surface area contributed by atoms with E-state index in [9.17, 15) is 14.9 Å². The highest BCUT2D eigenvalue weighted by Crippen LogP contribution is 2.19. The third-order valence-corrected chi connectivity index (χ3v) is 3.96. The van der Waals surface area contributed by atoms with Gasteiger partial charge in [0.15, 0.2) is 5.76 Å². The van der Waals surface area contributed by atoms with Crippen molar-refractivity contribution in [3.63, 3.8) is 0 Å². The summed E-state index contributed by atoms with van der Waals surface area (Å²) in [5.74, 6) is 0.345. The van der Waals surface area contributed by atoms with Crippen LogP contribution in [0.3, 0.4) is 0 Å². The maximum atomic E-state index is 11.9. The Balaban J connectivity index is 1.50. The first-order chi connectivity index (χ1) is 12.5. The van der Waals surface area contributed by atoms with Crippen molar-refractivity contribution >= 4 is 23.6 Å². The fraction of sp³-hybridized carbons (Fsp3) is 0.438. The molecule has 2 aromatic heterocycles. The van der Waals surface area contributed by atoms with Crippen LogP contribution in [0.25, 0.3) is 0 Å². The summed E-state index contributed by atoms with van der Waals surface area (Å²) >= 11 is 0. The number of aryl methyl sites for hydroxylation is 1. The summed E-state index contributed by atoms with van der Waals surface area (Å²) in [6.45, 7) is 4.63. The number of nitrogens with one attached hydrogen (secondary N) is 2. The standard InChI is InChI=1S/C16H20N6O4/c1-11-10-13(21-8-2-3-9-21)20-16(19-11)18-7-6-17-15(23)12-4-5-14(26-12)22(24)25/h4-5,10H,2-3,6-9H2,1H3,(H,17,23)(H,18,19,20). The minimum atomic E-state index is -0.689. The Morgan fingerprint density at radius 3 is 2.77 bits per heavy atom. The molecule has 10 heteroatoms. The molecule has 0 aliphatic carbocycles. The Hall–Kier alpha value is -3.17. The molecule has 0 radical (unpaired) electrons. The van der Waals surface area contributed by atoms with Crippen molar-refractivity contribution in [3.05, 3.63) is 39.8 Å². The maximum absolute atomic E-state index is 11.9. The van der Waals surface area contributed by atoms with Crippen molar-refractivity contribution in [1.29, 1.82) is 0 Å². The summed E-state index contributed by atoms with van der Waals surface area (Å²) in [6.07, 6.45) is 2.34. The van der Waals surface area contributed by atoms with Gasteiger partial charge in [-0.25, -0.2) is 4.98 Å². The molecule has 0 bridgehead atoms. The minimum Gasteiger partial charge on any atom is -0.395 e. The second-order valence-corrected chi connectivity index (χ2v) is 5.96. The minimum absolute atomic E-state index is 0.0974. The number of rotatable bonds is 7. The zero-order valence-corrected chi connectivity index (χ0v) is 14.4. The molecule has 0 aromatic carbocycles. The van der Waals surface area contributed by atoms with Crippen LogP contribution >= 0.6 is 0 Å².